The van der Waals surface area contributed by atoms with Crippen LogP contribution in [0, 0.1) is 0 Å². The first kappa shape index (κ1) is 9.00. The van der Waals surface area contributed by atoms with Gasteiger partial charge in [0.05, 0.1) is 12.6 Å². The predicted molar refractivity (Wildman–Crippen MR) is 40.9 cm³/mol. The first-order valence-corrected chi connectivity index (χ1v) is 3.66. The van der Waals surface area contributed by atoms with E-state index in [0.29, 0.717) is 0 Å². The number of ether oxygens (including phenoxy) is 1. The number of hydrogen-bond donors (Lipinski definition) is 3. The maximum absolute atomic E-state index is 9.35. The van der Waals surface area contributed by atoms with E-state index >= 15 is 0 Å². The van der Waals surface area contributed by atoms with E-state index in [9.17, 15) is 10.2 Å². The molecule has 0 aromatic rings. The molecule has 0 radical (unpaired) electrons. The summed E-state index contributed by atoms with van der Waals surface area (Å²) in [5, 5.41) is 27.4. The molecule has 1 unspecified atom stereocenters. The molecule has 0 saturated carbocycles. The van der Waals surface area contributed by atoms with E-state index in [1.54, 1.807) is 14.8 Å². The van der Waals surface area contributed by atoms with Gasteiger partial charge in [-0.3, -0.25) is 0 Å². The maximum atomic E-state index is 9.35. The largest absolute Gasteiger partial charge is 0.393 e. The minimum Gasteiger partial charge on any atom is -0.393 e. The molecule has 64 valence electrons. The minimum absolute atomic E-state index is 0.282. The van der Waals surface area contributed by atoms with Crippen molar-refractivity contribution >= 4 is 7.85 Å². The molecule has 11 heavy (non-hydrogen) atoms. The standard InChI is InChI=1S/C6H13BO4/c1-6(2-8)4(10)3(9)5(7)11-6/h3-5,8-10H,2,7H2,1H3/t3-,4?,5+,6+/m0/s1. The Labute approximate surface area is 66.2 Å². The van der Waals surface area contributed by atoms with Crippen LogP contribution in [-0.2, 0) is 4.74 Å². The van der Waals surface area contributed by atoms with Gasteiger partial charge < -0.3 is 20.1 Å². The van der Waals surface area contributed by atoms with Crippen LogP contribution in [0.2, 0.25) is 0 Å². The second-order valence-corrected chi connectivity index (χ2v) is 3.23. The quantitative estimate of drug-likeness (QED) is 0.369. The highest BCUT2D eigenvalue weighted by Gasteiger charge is 2.48. The van der Waals surface area contributed by atoms with Gasteiger partial charge in [-0.1, -0.05) is 0 Å². The molecule has 0 spiro atoms. The zero-order valence-electron chi connectivity index (χ0n) is 6.69. The fraction of sp³-hybridized carbons (Fsp3) is 1.00. The SMILES string of the molecule is B[C@@H]1O[C@](C)(CO)C(O)[C@@H]1O. The lowest BCUT2D eigenvalue weighted by Crippen LogP contribution is -2.43. The van der Waals surface area contributed by atoms with E-state index in [1.807, 2.05) is 0 Å². The summed E-state index contributed by atoms with van der Waals surface area (Å²) in [4.78, 5) is 0. The molecule has 4 atom stereocenters. The number of aliphatic hydroxyl groups is 3. The summed E-state index contributed by atoms with van der Waals surface area (Å²) in [6, 6.07) is -0.415. The molecule has 1 fully saturated rings. The Morgan fingerprint density at radius 1 is 1.55 bits per heavy atom. The molecule has 0 amide bonds. The summed E-state index contributed by atoms with van der Waals surface area (Å²) in [6.45, 7) is 1.29. The van der Waals surface area contributed by atoms with Crippen molar-refractivity contribution in [2.24, 2.45) is 0 Å². The van der Waals surface area contributed by atoms with Crippen LogP contribution in [0.3, 0.4) is 0 Å². The van der Waals surface area contributed by atoms with Crippen molar-refractivity contribution in [2.75, 3.05) is 6.61 Å². The Bertz CT molecular complexity index is 154. The van der Waals surface area contributed by atoms with Gasteiger partial charge in [-0.15, -0.1) is 0 Å². The third kappa shape index (κ3) is 1.29. The second-order valence-electron chi connectivity index (χ2n) is 3.23. The van der Waals surface area contributed by atoms with Gasteiger partial charge in [0.25, 0.3) is 0 Å². The van der Waals surface area contributed by atoms with Gasteiger partial charge in [-0.25, -0.2) is 0 Å². The molecular formula is C6H13BO4. The molecule has 1 heterocycles. The third-order valence-electron chi connectivity index (χ3n) is 2.20. The molecule has 0 aliphatic carbocycles. The van der Waals surface area contributed by atoms with Crippen LogP contribution in [0.4, 0.5) is 0 Å². The second kappa shape index (κ2) is 2.75. The van der Waals surface area contributed by atoms with E-state index in [2.05, 4.69) is 0 Å². The van der Waals surface area contributed by atoms with Crippen molar-refractivity contribution < 1.29 is 20.1 Å². The Balaban J connectivity index is 2.73. The fourth-order valence-electron chi connectivity index (χ4n) is 1.31. The Morgan fingerprint density at radius 3 is 2.27 bits per heavy atom. The molecule has 5 heteroatoms. The van der Waals surface area contributed by atoms with Gasteiger partial charge in [-0.05, 0) is 6.92 Å². The van der Waals surface area contributed by atoms with Crippen LogP contribution in [-0.4, -0.2) is 53.6 Å². The Hall–Kier alpha value is -0.0951. The molecule has 4 nitrogen and oxygen atoms in total. The zero-order valence-corrected chi connectivity index (χ0v) is 6.69. The highest BCUT2D eigenvalue weighted by Crippen LogP contribution is 2.28. The first-order valence-electron chi connectivity index (χ1n) is 3.66. The number of hydrogen-bond acceptors (Lipinski definition) is 4. The summed E-state index contributed by atoms with van der Waals surface area (Å²) >= 11 is 0. The molecule has 0 aromatic carbocycles. The van der Waals surface area contributed by atoms with E-state index in [-0.39, 0.29) is 6.61 Å². The summed E-state index contributed by atoms with van der Waals surface area (Å²) in [5.41, 5.74) is -1.00. The van der Waals surface area contributed by atoms with Crippen molar-refractivity contribution in [1.29, 1.82) is 0 Å². The fourth-order valence-corrected chi connectivity index (χ4v) is 1.31. The Kier molecular flexibility index (Phi) is 2.25. The van der Waals surface area contributed by atoms with Crippen LogP contribution in [0.15, 0.2) is 0 Å². The van der Waals surface area contributed by atoms with Crippen molar-refractivity contribution in [3.05, 3.63) is 0 Å². The molecule has 3 N–H and O–H groups in total. The van der Waals surface area contributed by atoms with Crippen LogP contribution >= 0.6 is 0 Å². The maximum Gasteiger partial charge on any atom is 0.142 e. The lowest BCUT2D eigenvalue weighted by molar-refractivity contribution is -0.0865. The molecule has 1 aliphatic heterocycles. The average Bonchev–Trinajstić information content (AvgIpc) is 2.17. The van der Waals surface area contributed by atoms with Gasteiger partial charge in [0.1, 0.15) is 25.7 Å². The van der Waals surface area contributed by atoms with E-state index in [1.165, 1.54) is 0 Å². The molecule has 1 aliphatic rings. The van der Waals surface area contributed by atoms with Crippen LogP contribution in [0.5, 0.6) is 0 Å². The minimum atomic E-state index is -1.00. The van der Waals surface area contributed by atoms with Gasteiger partial charge >= 0.3 is 0 Å². The molecule has 0 aromatic heterocycles. The van der Waals surface area contributed by atoms with Crippen LogP contribution in [0.25, 0.3) is 0 Å². The molecular weight excluding hydrogens is 147 g/mol. The van der Waals surface area contributed by atoms with E-state index in [4.69, 9.17) is 9.84 Å². The van der Waals surface area contributed by atoms with E-state index < -0.39 is 23.8 Å². The normalized spacial score (nSPS) is 51.5. The zero-order chi connectivity index (χ0) is 8.65. The lowest BCUT2D eigenvalue weighted by atomic mass is 9.90. The summed E-state index contributed by atoms with van der Waals surface area (Å²) < 4.78 is 5.17. The van der Waals surface area contributed by atoms with Crippen molar-refractivity contribution in [3.8, 4) is 0 Å². The molecule has 1 saturated heterocycles. The highest BCUT2D eigenvalue weighted by molar-refractivity contribution is 6.11. The number of rotatable bonds is 1. The van der Waals surface area contributed by atoms with Crippen LogP contribution < -0.4 is 0 Å². The summed E-state index contributed by atoms with van der Waals surface area (Å²) in [7, 11) is 1.66. The van der Waals surface area contributed by atoms with Crippen LogP contribution in [0.1, 0.15) is 6.92 Å². The smallest absolute Gasteiger partial charge is 0.142 e. The lowest BCUT2D eigenvalue weighted by Gasteiger charge is -2.24. The Morgan fingerprint density at radius 2 is 2.09 bits per heavy atom. The van der Waals surface area contributed by atoms with Gasteiger partial charge in [0, 0.05) is 0 Å². The predicted octanol–water partition coefficient (Wildman–Crippen LogP) is -2.55. The van der Waals surface area contributed by atoms with Crippen molar-refractivity contribution in [1.82, 2.24) is 0 Å². The van der Waals surface area contributed by atoms with Crippen molar-refractivity contribution in [2.45, 2.75) is 30.7 Å². The highest BCUT2D eigenvalue weighted by atomic mass is 16.6. The topological polar surface area (TPSA) is 69.9 Å². The van der Waals surface area contributed by atoms with Gasteiger partial charge in [0.15, 0.2) is 0 Å². The monoisotopic (exact) mass is 160 g/mol. The molecule has 0 bridgehead atoms. The summed E-state index contributed by atoms with van der Waals surface area (Å²) in [6.07, 6.45) is -1.89. The number of aliphatic hydroxyl groups excluding tert-OH is 3. The average molecular weight is 160 g/mol. The summed E-state index contributed by atoms with van der Waals surface area (Å²) in [5.74, 6) is 0. The first-order chi connectivity index (χ1) is 5.01. The van der Waals surface area contributed by atoms with Gasteiger partial charge in [0.2, 0.25) is 0 Å². The molecule has 1 rings (SSSR count). The van der Waals surface area contributed by atoms with Gasteiger partial charge in [-0.2, -0.15) is 0 Å². The third-order valence-corrected chi connectivity index (χ3v) is 2.20. The van der Waals surface area contributed by atoms with Crippen molar-refractivity contribution in [3.63, 3.8) is 0 Å². The van der Waals surface area contributed by atoms with E-state index in [0.717, 1.165) is 0 Å².